The number of aromatic nitrogens is 2. The van der Waals surface area contributed by atoms with Crippen LogP contribution in [0.25, 0.3) is 0 Å². The summed E-state index contributed by atoms with van der Waals surface area (Å²) in [5.41, 5.74) is 3.53. The second-order valence-corrected chi connectivity index (χ2v) is 9.45. The number of pyridine rings is 2. The van der Waals surface area contributed by atoms with Gasteiger partial charge in [-0.25, -0.2) is 4.98 Å². The Morgan fingerprint density at radius 3 is 2.70 bits per heavy atom. The molecule has 1 unspecified atom stereocenters. The maximum absolute atomic E-state index is 13.3. The Morgan fingerprint density at radius 1 is 1.23 bits per heavy atom. The molecule has 0 saturated heterocycles. The third kappa shape index (κ3) is 3.94. The van der Waals surface area contributed by atoms with Gasteiger partial charge in [-0.2, -0.15) is 0 Å². The second-order valence-electron chi connectivity index (χ2n) is 8.53. The Labute approximate surface area is 184 Å². The third-order valence-electron chi connectivity index (χ3n) is 5.47. The fraction of sp³-hybridized carbons (Fsp3) is 0.304. The quantitative estimate of drug-likeness (QED) is 0.696. The van der Waals surface area contributed by atoms with E-state index in [1.807, 2.05) is 25.1 Å². The molecule has 0 bridgehead atoms. The van der Waals surface area contributed by atoms with Gasteiger partial charge in [0.05, 0.1) is 0 Å². The smallest absolute Gasteiger partial charge is 0.255 e. The van der Waals surface area contributed by atoms with Crippen LogP contribution in [0.1, 0.15) is 45.1 Å². The van der Waals surface area contributed by atoms with Crippen LogP contribution in [0.2, 0.25) is 0 Å². The minimum atomic E-state index is -0.464. The highest BCUT2D eigenvalue weighted by atomic mass is 79.9. The van der Waals surface area contributed by atoms with Gasteiger partial charge in [0.15, 0.2) is 5.78 Å². The minimum absolute atomic E-state index is 0.0715. The van der Waals surface area contributed by atoms with Crippen molar-refractivity contribution < 1.29 is 9.59 Å². The van der Waals surface area contributed by atoms with E-state index < -0.39 is 5.92 Å². The molecule has 30 heavy (non-hydrogen) atoms. The SMILES string of the molecule is CC1=C(C(=O)Nc2ccc(Br)cn2)C(c2cccnc2)C2=C(CC(C)(C)CC2=O)N1. The molecule has 2 N–H and O–H groups in total. The molecule has 0 radical (unpaired) electrons. The van der Waals surface area contributed by atoms with E-state index >= 15 is 0 Å². The van der Waals surface area contributed by atoms with E-state index in [0.29, 0.717) is 23.4 Å². The van der Waals surface area contributed by atoms with Gasteiger partial charge < -0.3 is 10.6 Å². The number of carbonyl (C=O) groups is 2. The van der Waals surface area contributed by atoms with Crippen LogP contribution in [0, 0.1) is 5.41 Å². The number of amides is 1. The number of hydrogen-bond acceptors (Lipinski definition) is 5. The first kappa shape index (κ1) is 20.5. The molecule has 2 aromatic rings. The molecule has 6 nitrogen and oxygen atoms in total. The number of ketones is 1. The Bertz CT molecular complexity index is 1070. The number of nitrogens with one attached hydrogen (secondary N) is 2. The van der Waals surface area contributed by atoms with Crippen molar-refractivity contribution in [2.45, 2.75) is 39.5 Å². The zero-order valence-electron chi connectivity index (χ0n) is 17.1. The second kappa shape index (κ2) is 7.80. The average molecular weight is 467 g/mol. The molecule has 7 heteroatoms. The maximum Gasteiger partial charge on any atom is 0.255 e. The highest BCUT2D eigenvalue weighted by Gasteiger charge is 2.42. The van der Waals surface area contributed by atoms with E-state index in [1.165, 1.54) is 0 Å². The first-order valence-electron chi connectivity index (χ1n) is 9.82. The summed E-state index contributed by atoms with van der Waals surface area (Å²) in [5.74, 6) is -0.228. The summed E-state index contributed by atoms with van der Waals surface area (Å²) < 4.78 is 0.827. The topological polar surface area (TPSA) is 84.0 Å². The summed E-state index contributed by atoms with van der Waals surface area (Å²) in [5, 5.41) is 6.23. The molecule has 0 aromatic carbocycles. The first-order chi connectivity index (χ1) is 14.2. The summed E-state index contributed by atoms with van der Waals surface area (Å²) >= 11 is 3.35. The van der Waals surface area contributed by atoms with Gasteiger partial charge in [0, 0.05) is 57.9 Å². The zero-order valence-corrected chi connectivity index (χ0v) is 18.7. The number of carbonyl (C=O) groups excluding carboxylic acids is 2. The Balaban J connectivity index is 1.78. The standard InChI is InChI=1S/C23H23BrN4O2/c1-13-19(22(30)28-18-7-6-15(24)12-26-18)20(14-5-4-8-25-11-14)21-16(27-13)9-23(2,3)10-17(21)29/h4-8,11-12,20,27H,9-10H2,1-3H3,(H,26,28,30). The van der Waals surface area contributed by atoms with Crippen molar-refractivity contribution >= 4 is 33.4 Å². The Morgan fingerprint density at radius 2 is 2.03 bits per heavy atom. The van der Waals surface area contributed by atoms with E-state index in [-0.39, 0.29) is 17.1 Å². The number of dihydropyridines is 1. The highest BCUT2D eigenvalue weighted by Crippen LogP contribution is 2.46. The lowest BCUT2D eigenvalue weighted by Crippen LogP contribution is -2.39. The molecule has 1 atom stereocenters. The number of allylic oxidation sites excluding steroid dienone is 3. The summed E-state index contributed by atoms with van der Waals surface area (Å²) in [4.78, 5) is 35.0. The molecule has 1 aliphatic carbocycles. The number of halogens is 1. The van der Waals surface area contributed by atoms with Gasteiger partial charge in [-0.1, -0.05) is 19.9 Å². The normalized spacial score (nSPS) is 20.5. The van der Waals surface area contributed by atoms with Crippen molar-refractivity contribution in [2.24, 2.45) is 5.41 Å². The summed E-state index contributed by atoms with van der Waals surface area (Å²) in [6.45, 7) is 6.06. The molecule has 0 fully saturated rings. The van der Waals surface area contributed by atoms with Crippen molar-refractivity contribution in [3.8, 4) is 0 Å². The molecule has 1 aliphatic heterocycles. The van der Waals surface area contributed by atoms with Gasteiger partial charge in [0.1, 0.15) is 5.82 Å². The van der Waals surface area contributed by atoms with Gasteiger partial charge in [0.2, 0.25) is 0 Å². The molecular weight excluding hydrogens is 444 g/mol. The number of hydrogen-bond donors (Lipinski definition) is 2. The maximum atomic E-state index is 13.3. The Hall–Kier alpha value is -2.80. The molecule has 2 aromatic heterocycles. The van der Waals surface area contributed by atoms with E-state index in [0.717, 1.165) is 27.9 Å². The summed E-state index contributed by atoms with van der Waals surface area (Å²) in [7, 11) is 0. The van der Waals surface area contributed by atoms with Crippen molar-refractivity contribution in [3.63, 3.8) is 0 Å². The van der Waals surface area contributed by atoms with Crippen LogP contribution in [0.3, 0.4) is 0 Å². The monoisotopic (exact) mass is 466 g/mol. The molecule has 1 amide bonds. The van der Waals surface area contributed by atoms with Gasteiger partial charge >= 0.3 is 0 Å². The predicted molar refractivity (Wildman–Crippen MR) is 118 cm³/mol. The number of rotatable bonds is 3. The first-order valence-corrected chi connectivity index (χ1v) is 10.6. The zero-order chi connectivity index (χ0) is 21.5. The van der Waals surface area contributed by atoms with Crippen LogP contribution in [0.4, 0.5) is 5.82 Å². The lowest BCUT2D eigenvalue weighted by molar-refractivity contribution is -0.118. The van der Waals surface area contributed by atoms with Crippen LogP contribution in [-0.2, 0) is 9.59 Å². The number of Topliss-reactive ketones (excluding diaryl/α,β-unsaturated/α-hetero) is 1. The molecule has 0 saturated carbocycles. The Kier molecular flexibility index (Phi) is 5.32. The third-order valence-corrected chi connectivity index (χ3v) is 5.94. The van der Waals surface area contributed by atoms with E-state index in [2.05, 4.69) is 50.4 Å². The highest BCUT2D eigenvalue weighted by molar-refractivity contribution is 9.10. The lowest BCUT2D eigenvalue weighted by atomic mass is 9.68. The summed E-state index contributed by atoms with van der Waals surface area (Å²) in [6.07, 6.45) is 6.25. The summed E-state index contributed by atoms with van der Waals surface area (Å²) in [6, 6.07) is 7.29. The van der Waals surface area contributed by atoms with Gasteiger partial charge in [-0.05, 0) is 58.5 Å². The molecule has 154 valence electrons. The predicted octanol–water partition coefficient (Wildman–Crippen LogP) is 4.48. The molecular formula is C23H23BrN4O2. The average Bonchev–Trinajstić information content (AvgIpc) is 2.68. The van der Waals surface area contributed by atoms with Crippen LogP contribution < -0.4 is 10.6 Å². The molecule has 2 aliphatic rings. The molecule has 3 heterocycles. The lowest BCUT2D eigenvalue weighted by Gasteiger charge is -2.39. The van der Waals surface area contributed by atoms with Crippen LogP contribution in [0.5, 0.6) is 0 Å². The van der Waals surface area contributed by atoms with E-state index in [9.17, 15) is 9.59 Å². The van der Waals surface area contributed by atoms with Crippen molar-refractivity contribution in [1.29, 1.82) is 0 Å². The fourth-order valence-corrected chi connectivity index (χ4v) is 4.49. The van der Waals surface area contributed by atoms with E-state index in [1.54, 1.807) is 24.7 Å². The van der Waals surface area contributed by atoms with Crippen molar-refractivity contribution in [2.75, 3.05) is 5.32 Å². The molecule has 4 rings (SSSR count). The van der Waals surface area contributed by atoms with Crippen molar-refractivity contribution in [3.05, 3.63) is 75.4 Å². The minimum Gasteiger partial charge on any atom is -0.362 e. The van der Waals surface area contributed by atoms with E-state index in [4.69, 9.17) is 0 Å². The van der Waals surface area contributed by atoms with Gasteiger partial charge in [-0.15, -0.1) is 0 Å². The van der Waals surface area contributed by atoms with Crippen LogP contribution in [0.15, 0.2) is 69.9 Å². The van der Waals surface area contributed by atoms with Crippen LogP contribution >= 0.6 is 15.9 Å². The van der Waals surface area contributed by atoms with Gasteiger partial charge in [-0.3, -0.25) is 14.6 Å². The largest absolute Gasteiger partial charge is 0.362 e. The van der Waals surface area contributed by atoms with Crippen molar-refractivity contribution in [1.82, 2.24) is 15.3 Å². The number of anilines is 1. The van der Waals surface area contributed by atoms with Gasteiger partial charge in [0.25, 0.3) is 5.91 Å². The van der Waals surface area contributed by atoms with Crippen LogP contribution in [-0.4, -0.2) is 21.7 Å². The molecule has 0 spiro atoms. The number of nitrogens with zero attached hydrogens (tertiary/aromatic N) is 2. The fourth-order valence-electron chi connectivity index (χ4n) is 4.25.